The number of hydrogen-bond acceptors (Lipinski definition) is 3. The van der Waals surface area contributed by atoms with Gasteiger partial charge in [-0.15, -0.1) is 0 Å². The highest BCUT2D eigenvalue weighted by Gasteiger charge is 2.36. The second-order valence-corrected chi connectivity index (χ2v) is 6.27. The van der Waals surface area contributed by atoms with Gasteiger partial charge in [-0.25, -0.2) is 21.6 Å². The highest BCUT2D eigenvalue weighted by atomic mass is 32.2. The molecule has 0 saturated carbocycles. The monoisotopic (exact) mass is 295 g/mol. The van der Waals surface area contributed by atoms with Crippen LogP contribution in [0.5, 0.6) is 0 Å². The number of hydrogen-bond donors (Lipinski definition) is 1. The Kier molecular flexibility index (Phi) is 3.84. The van der Waals surface area contributed by atoms with E-state index in [0.29, 0.717) is 18.6 Å². The van der Waals surface area contributed by atoms with Gasteiger partial charge in [0.1, 0.15) is 17.5 Å². The van der Waals surface area contributed by atoms with Gasteiger partial charge in [0.2, 0.25) is 10.0 Å². The fourth-order valence-electron chi connectivity index (χ4n) is 2.07. The van der Waals surface area contributed by atoms with E-state index in [2.05, 4.69) is 0 Å². The average Bonchev–Trinajstić information content (AvgIpc) is 2.75. The van der Waals surface area contributed by atoms with Crippen LogP contribution in [0, 0.1) is 23.4 Å². The molecule has 0 radical (unpaired) electrons. The van der Waals surface area contributed by atoms with Gasteiger partial charge in [-0.1, -0.05) is 0 Å². The maximum atomic E-state index is 13.5. The third kappa shape index (κ3) is 2.60. The topological polar surface area (TPSA) is 57.6 Å². The molecule has 2 rings (SSSR count). The van der Waals surface area contributed by atoms with Crippen LogP contribution in [0.25, 0.3) is 0 Å². The van der Waals surface area contributed by atoms with Crippen molar-refractivity contribution in [3.63, 3.8) is 0 Å². The van der Waals surface area contributed by atoms with Gasteiger partial charge >= 0.3 is 0 Å². The Hall–Kier alpha value is -1.12. The molecule has 1 aromatic rings. The van der Waals surface area contributed by atoms with Gasteiger partial charge < -0.3 is 5.11 Å². The van der Waals surface area contributed by atoms with Crippen LogP contribution < -0.4 is 0 Å². The van der Waals surface area contributed by atoms with Crippen LogP contribution in [-0.4, -0.2) is 37.5 Å². The molecule has 0 aromatic heterocycles. The Morgan fingerprint density at radius 2 is 1.84 bits per heavy atom. The summed E-state index contributed by atoms with van der Waals surface area (Å²) in [5.41, 5.74) is 0. The number of aliphatic hydroxyl groups excluding tert-OH is 1. The molecule has 1 aromatic carbocycles. The minimum Gasteiger partial charge on any atom is -0.396 e. The molecule has 0 amide bonds. The van der Waals surface area contributed by atoms with E-state index >= 15 is 0 Å². The SMILES string of the molecule is O=S(=O)(c1c(F)cc(F)cc1F)N1CCC(CO)C1. The number of halogens is 3. The molecule has 106 valence electrons. The minimum absolute atomic E-state index is 0.00487. The molecule has 0 bridgehead atoms. The molecular formula is C11H12F3NO3S. The maximum absolute atomic E-state index is 13.5. The van der Waals surface area contributed by atoms with Crippen molar-refractivity contribution in [1.29, 1.82) is 0 Å². The van der Waals surface area contributed by atoms with Crippen LogP contribution in [0.4, 0.5) is 13.2 Å². The van der Waals surface area contributed by atoms with Gasteiger partial charge in [0, 0.05) is 31.8 Å². The summed E-state index contributed by atoms with van der Waals surface area (Å²) in [5.74, 6) is -4.33. The first-order valence-electron chi connectivity index (χ1n) is 5.62. The van der Waals surface area contributed by atoms with Gasteiger partial charge in [-0.3, -0.25) is 0 Å². The molecule has 1 heterocycles. The largest absolute Gasteiger partial charge is 0.396 e. The van der Waals surface area contributed by atoms with Gasteiger partial charge in [0.15, 0.2) is 4.90 Å². The first-order valence-corrected chi connectivity index (χ1v) is 7.06. The quantitative estimate of drug-likeness (QED) is 0.908. The van der Waals surface area contributed by atoms with Crippen LogP contribution >= 0.6 is 0 Å². The maximum Gasteiger partial charge on any atom is 0.248 e. The molecule has 1 unspecified atom stereocenters. The third-order valence-corrected chi connectivity index (χ3v) is 4.99. The Labute approximate surface area is 108 Å². The fourth-order valence-corrected chi connectivity index (χ4v) is 3.69. The number of rotatable bonds is 3. The van der Waals surface area contributed by atoms with E-state index in [4.69, 9.17) is 5.11 Å². The van der Waals surface area contributed by atoms with Crippen molar-refractivity contribution in [2.45, 2.75) is 11.3 Å². The molecule has 0 spiro atoms. The summed E-state index contributed by atoms with van der Waals surface area (Å²) in [6.45, 7) is -0.126. The minimum atomic E-state index is -4.35. The molecular weight excluding hydrogens is 283 g/mol. The average molecular weight is 295 g/mol. The summed E-state index contributed by atoms with van der Waals surface area (Å²) in [7, 11) is -4.35. The smallest absolute Gasteiger partial charge is 0.248 e. The van der Waals surface area contributed by atoms with Crippen molar-refractivity contribution in [2.24, 2.45) is 5.92 Å². The van der Waals surface area contributed by atoms with Crippen LogP contribution in [0.15, 0.2) is 17.0 Å². The summed E-state index contributed by atoms with van der Waals surface area (Å²) >= 11 is 0. The van der Waals surface area contributed by atoms with E-state index in [-0.39, 0.29) is 25.6 Å². The summed E-state index contributed by atoms with van der Waals surface area (Å²) in [6.07, 6.45) is 0.417. The standard InChI is InChI=1S/C11H12F3NO3S/c12-8-3-9(13)11(10(14)4-8)19(17,18)15-2-1-7(5-15)6-16/h3-4,7,16H,1-2,5-6H2. The molecule has 1 fully saturated rings. The number of benzene rings is 1. The second kappa shape index (κ2) is 5.10. The van der Waals surface area contributed by atoms with Crippen LogP contribution in [-0.2, 0) is 10.0 Å². The lowest BCUT2D eigenvalue weighted by atomic mass is 10.1. The highest BCUT2D eigenvalue weighted by Crippen LogP contribution is 2.28. The van der Waals surface area contributed by atoms with Crippen molar-refractivity contribution in [3.05, 3.63) is 29.6 Å². The zero-order valence-corrected chi connectivity index (χ0v) is 10.6. The molecule has 1 N–H and O–H groups in total. The van der Waals surface area contributed by atoms with E-state index in [1.807, 2.05) is 0 Å². The van der Waals surface area contributed by atoms with Crippen molar-refractivity contribution < 1.29 is 26.7 Å². The molecule has 1 aliphatic rings. The molecule has 1 aliphatic heterocycles. The van der Waals surface area contributed by atoms with Crippen LogP contribution in [0.2, 0.25) is 0 Å². The predicted octanol–water partition coefficient (Wildman–Crippen LogP) is 1.11. The predicted molar refractivity (Wildman–Crippen MR) is 60.3 cm³/mol. The zero-order chi connectivity index (χ0) is 14.2. The van der Waals surface area contributed by atoms with E-state index in [9.17, 15) is 21.6 Å². The first-order chi connectivity index (χ1) is 8.86. The molecule has 1 saturated heterocycles. The fraction of sp³-hybridized carbons (Fsp3) is 0.455. The van der Waals surface area contributed by atoms with Gasteiger partial charge in [-0.2, -0.15) is 4.31 Å². The van der Waals surface area contributed by atoms with Gasteiger partial charge in [0.05, 0.1) is 0 Å². The summed E-state index contributed by atoms with van der Waals surface area (Å²) < 4.78 is 64.9. The first kappa shape index (κ1) is 14.3. The molecule has 0 aliphatic carbocycles. The molecule has 4 nitrogen and oxygen atoms in total. The van der Waals surface area contributed by atoms with Crippen molar-refractivity contribution in [2.75, 3.05) is 19.7 Å². The van der Waals surface area contributed by atoms with Crippen molar-refractivity contribution in [1.82, 2.24) is 4.31 Å². The van der Waals surface area contributed by atoms with E-state index in [1.54, 1.807) is 0 Å². The summed E-state index contributed by atoms with van der Waals surface area (Å²) in [6, 6.07) is 0.658. The molecule has 19 heavy (non-hydrogen) atoms. The van der Waals surface area contributed by atoms with Crippen molar-refractivity contribution in [3.8, 4) is 0 Å². The van der Waals surface area contributed by atoms with E-state index < -0.39 is 32.4 Å². The van der Waals surface area contributed by atoms with E-state index in [1.165, 1.54) is 0 Å². The van der Waals surface area contributed by atoms with Crippen LogP contribution in [0.3, 0.4) is 0 Å². The Bertz CT molecular complexity index is 568. The Morgan fingerprint density at radius 3 is 2.32 bits per heavy atom. The second-order valence-electron chi connectivity index (χ2n) is 4.40. The van der Waals surface area contributed by atoms with Gasteiger partial charge in [-0.05, 0) is 12.3 Å². The highest BCUT2D eigenvalue weighted by molar-refractivity contribution is 7.89. The third-order valence-electron chi connectivity index (χ3n) is 3.07. The number of nitrogens with zero attached hydrogens (tertiary/aromatic N) is 1. The van der Waals surface area contributed by atoms with Gasteiger partial charge in [0.25, 0.3) is 0 Å². The lowest BCUT2D eigenvalue weighted by Gasteiger charge is -2.17. The molecule has 8 heteroatoms. The Balaban J connectivity index is 2.41. The number of sulfonamides is 1. The summed E-state index contributed by atoms with van der Waals surface area (Å²) in [5, 5.41) is 8.95. The number of aliphatic hydroxyl groups is 1. The summed E-state index contributed by atoms with van der Waals surface area (Å²) in [4.78, 5) is -1.15. The lowest BCUT2D eigenvalue weighted by Crippen LogP contribution is -2.30. The molecule has 1 atom stereocenters. The van der Waals surface area contributed by atoms with Crippen molar-refractivity contribution >= 4 is 10.0 Å². The zero-order valence-electron chi connectivity index (χ0n) is 9.81. The van der Waals surface area contributed by atoms with Crippen LogP contribution in [0.1, 0.15) is 6.42 Å². The normalized spacial score (nSPS) is 20.9. The Morgan fingerprint density at radius 1 is 1.26 bits per heavy atom. The van der Waals surface area contributed by atoms with E-state index in [0.717, 1.165) is 4.31 Å². The lowest BCUT2D eigenvalue weighted by molar-refractivity contribution is 0.233.